The van der Waals surface area contributed by atoms with Gasteiger partial charge in [0.2, 0.25) is 0 Å². The number of aromatic nitrogens is 3. The molecule has 4 heteroatoms. The van der Waals surface area contributed by atoms with Crippen molar-refractivity contribution in [1.82, 2.24) is 14.5 Å². The highest BCUT2D eigenvalue weighted by Crippen LogP contribution is 2.02. The van der Waals surface area contributed by atoms with E-state index in [1.807, 2.05) is 22.8 Å². The van der Waals surface area contributed by atoms with Gasteiger partial charge in [0.1, 0.15) is 0 Å². The minimum absolute atomic E-state index is 0.507. The van der Waals surface area contributed by atoms with Gasteiger partial charge in [0.05, 0.1) is 24.3 Å². The van der Waals surface area contributed by atoms with Crippen molar-refractivity contribution in [2.45, 2.75) is 13.1 Å². The SMILES string of the molecule is NCc1cncn1Cc1ccccn1. The molecule has 0 saturated heterocycles. The lowest BCUT2D eigenvalue weighted by Crippen LogP contribution is -2.08. The Morgan fingerprint density at radius 3 is 3.00 bits per heavy atom. The Hall–Kier alpha value is -1.68. The van der Waals surface area contributed by atoms with E-state index in [-0.39, 0.29) is 0 Å². The molecule has 2 aromatic heterocycles. The number of hydrogen-bond acceptors (Lipinski definition) is 3. The largest absolute Gasteiger partial charge is 0.327 e. The molecule has 14 heavy (non-hydrogen) atoms. The van der Waals surface area contributed by atoms with E-state index in [9.17, 15) is 0 Å². The van der Waals surface area contributed by atoms with Gasteiger partial charge >= 0.3 is 0 Å². The third-order valence-corrected chi connectivity index (χ3v) is 2.07. The Morgan fingerprint density at radius 2 is 2.29 bits per heavy atom. The molecule has 0 aliphatic rings. The van der Waals surface area contributed by atoms with Crippen molar-refractivity contribution in [1.29, 1.82) is 0 Å². The Bertz CT molecular complexity index is 394. The quantitative estimate of drug-likeness (QED) is 0.774. The first-order valence-electron chi connectivity index (χ1n) is 4.49. The summed E-state index contributed by atoms with van der Waals surface area (Å²) < 4.78 is 2.00. The normalized spacial score (nSPS) is 10.4. The van der Waals surface area contributed by atoms with E-state index in [0.717, 1.165) is 17.9 Å². The van der Waals surface area contributed by atoms with Crippen LogP contribution in [0.2, 0.25) is 0 Å². The molecule has 0 unspecified atom stereocenters. The number of nitrogens with two attached hydrogens (primary N) is 1. The van der Waals surface area contributed by atoms with Gasteiger partial charge in [-0.15, -0.1) is 0 Å². The molecular formula is C10H12N4. The van der Waals surface area contributed by atoms with E-state index in [1.54, 1.807) is 18.7 Å². The fourth-order valence-electron chi connectivity index (χ4n) is 1.33. The van der Waals surface area contributed by atoms with Gasteiger partial charge in [-0.3, -0.25) is 4.98 Å². The molecule has 0 aliphatic heterocycles. The van der Waals surface area contributed by atoms with Gasteiger partial charge < -0.3 is 10.3 Å². The maximum absolute atomic E-state index is 5.57. The van der Waals surface area contributed by atoms with Crippen LogP contribution in [0.25, 0.3) is 0 Å². The predicted octanol–water partition coefficient (Wildman–Crippen LogP) is 0.785. The Balaban J connectivity index is 2.19. The van der Waals surface area contributed by atoms with Crippen molar-refractivity contribution in [2.24, 2.45) is 5.73 Å². The number of hydrogen-bond donors (Lipinski definition) is 1. The van der Waals surface area contributed by atoms with Gasteiger partial charge in [-0.05, 0) is 12.1 Å². The van der Waals surface area contributed by atoms with E-state index in [4.69, 9.17) is 5.73 Å². The molecule has 2 aromatic rings. The average molecular weight is 188 g/mol. The molecule has 0 atom stereocenters. The van der Waals surface area contributed by atoms with Crippen LogP contribution in [-0.4, -0.2) is 14.5 Å². The Kier molecular flexibility index (Phi) is 2.55. The van der Waals surface area contributed by atoms with E-state index < -0.39 is 0 Å². The summed E-state index contributed by atoms with van der Waals surface area (Å²) in [5.41, 5.74) is 7.61. The average Bonchev–Trinajstić information content (AvgIpc) is 2.67. The van der Waals surface area contributed by atoms with Gasteiger partial charge in [-0.25, -0.2) is 4.98 Å². The zero-order chi connectivity index (χ0) is 9.80. The minimum atomic E-state index is 0.507. The van der Waals surface area contributed by atoms with Gasteiger partial charge in [0.15, 0.2) is 0 Å². The molecule has 2 heterocycles. The van der Waals surface area contributed by atoms with Crippen molar-refractivity contribution in [3.05, 3.63) is 48.3 Å². The number of rotatable bonds is 3. The molecule has 0 spiro atoms. The molecule has 0 aromatic carbocycles. The summed E-state index contributed by atoms with van der Waals surface area (Å²) in [5, 5.41) is 0. The van der Waals surface area contributed by atoms with Crippen LogP contribution in [0.5, 0.6) is 0 Å². The third-order valence-electron chi connectivity index (χ3n) is 2.07. The van der Waals surface area contributed by atoms with Gasteiger partial charge in [-0.2, -0.15) is 0 Å². The predicted molar refractivity (Wildman–Crippen MR) is 53.5 cm³/mol. The molecule has 0 amide bonds. The van der Waals surface area contributed by atoms with Gasteiger partial charge in [-0.1, -0.05) is 6.07 Å². The zero-order valence-corrected chi connectivity index (χ0v) is 7.80. The Morgan fingerprint density at radius 1 is 1.36 bits per heavy atom. The van der Waals surface area contributed by atoms with Crippen molar-refractivity contribution in [3.63, 3.8) is 0 Å². The molecule has 0 radical (unpaired) electrons. The molecular weight excluding hydrogens is 176 g/mol. The monoisotopic (exact) mass is 188 g/mol. The van der Waals surface area contributed by atoms with E-state index >= 15 is 0 Å². The summed E-state index contributed by atoms with van der Waals surface area (Å²) in [6, 6.07) is 5.86. The van der Waals surface area contributed by atoms with Crippen LogP contribution in [0.4, 0.5) is 0 Å². The maximum Gasteiger partial charge on any atom is 0.0952 e. The molecule has 0 fully saturated rings. The lowest BCUT2D eigenvalue weighted by Gasteiger charge is -2.04. The number of imidazole rings is 1. The van der Waals surface area contributed by atoms with Crippen LogP contribution < -0.4 is 5.73 Å². The van der Waals surface area contributed by atoms with Crippen LogP contribution in [-0.2, 0) is 13.1 Å². The minimum Gasteiger partial charge on any atom is -0.327 e. The molecule has 2 N–H and O–H groups in total. The second kappa shape index (κ2) is 4.02. The van der Waals surface area contributed by atoms with Crippen LogP contribution in [0.1, 0.15) is 11.4 Å². The second-order valence-electron chi connectivity index (χ2n) is 3.04. The molecule has 0 bridgehead atoms. The van der Waals surface area contributed by atoms with E-state index in [0.29, 0.717) is 6.54 Å². The molecule has 4 nitrogen and oxygen atoms in total. The van der Waals surface area contributed by atoms with E-state index in [1.165, 1.54) is 0 Å². The highest BCUT2D eigenvalue weighted by Gasteiger charge is 2.00. The lowest BCUT2D eigenvalue weighted by atomic mass is 10.3. The number of nitrogens with zero attached hydrogens (tertiary/aromatic N) is 3. The Labute approximate surface area is 82.4 Å². The molecule has 2 rings (SSSR count). The third kappa shape index (κ3) is 1.80. The van der Waals surface area contributed by atoms with Crippen LogP contribution in [0.15, 0.2) is 36.9 Å². The van der Waals surface area contributed by atoms with Gasteiger partial charge in [0, 0.05) is 18.9 Å². The number of pyridine rings is 1. The van der Waals surface area contributed by atoms with Crippen LogP contribution in [0.3, 0.4) is 0 Å². The highest BCUT2D eigenvalue weighted by molar-refractivity contribution is 5.07. The van der Waals surface area contributed by atoms with Crippen LogP contribution in [0, 0.1) is 0 Å². The molecule has 0 aliphatic carbocycles. The van der Waals surface area contributed by atoms with Crippen LogP contribution >= 0.6 is 0 Å². The van der Waals surface area contributed by atoms with E-state index in [2.05, 4.69) is 9.97 Å². The standard InChI is InChI=1S/C10H12N4/c11-5-10-6-12-8-14(10)7-9-3-1-2-4-13-9/h1-4,6,8H,5,7,11H2. The second-order valence-corrected chi connectivity index (χ2v) is 3.04. The first-order chi connectivity index (χ1) is 6.90. The summed E-state index contributed by atoms with van der Waals surface area (Å²) >= 11 is 0. The first kappa shape index (κ1) is 8.90. The summed E-state index contributed by atoms with van der Waals surface area (Å²) in [7, 11) is 0. The fourth-order valence-corrected chi connectivity index (χ4v) is 1.33. The molecule has 72 valence electrons. The topological polar surface area (TPSA) is 56.7 Å². The molecule has 0 saturated carbocycles. The van der Waals surface area contributed by atoms with Crippen molar-refractivity contribution in [2.75, 3.05) is 0 Å². The summed E-state index contributed by atoms with van der Waals surface area (Å²) in [6.45, 7) is 1.24. The lowest BCUT2D eigenvalue weighted by molar-refractivity contribution is 0.723. The van der Waals surface area contributed by atoms with Gasteiger partial charge in [0.25, 0.3) is 0 Å². The zero-order valence-electron chi connectivity index (χ0n) is 7.80. The first-order valence-corrected chi connectivity index (χ1v) is 4.49. The summed E-state index contributed by atoms with van der Waals surface area (Å²) in [6.07, 6.45) is 5.34. The maximum atomic E-state index is 5.57. The van der Waals surface area contributed by atoms with Crippen molar-refractivity contribution >= 4 is 0 Å². The van der Waals surface area contributed by atoms with Crippen molar-refractivity contribution in [3.8, 4) is 0 Å². The fraction of sp³-hybridized carbons (Fsp3) is 0.200. The smallest absolute Gasteiger partial charge is 0.0952 e. The highest BCUT2D eigenvalue weighted by atomic mass is 15.1. The van der Waals surface area contributed by atoms with Crippen molar-refractivity contribution < 1.29 is 0 Å². The summed E-state index contributed by atoms with van der Waals surface area (Å²) in [5.74, 6) is 0. The summed E-state index contributed by atoms with van der Waals surface area (Å²) in [4.78, 5) is 8.28.